The second kappa shape index (κ2) is 8.83. The Balaban J connectivity index is 1.41. The Morgan fingerprint density at radius 3 is 2.60 bits per heavy atom. The third-order valence-electron chi connectivity index (χ3n) is 4.71. The van der Waals surface area contributed by atoms with Gasteiger partial charge < -0.3 is 5.32 Å². The number of hydrogen-bond acceptors (Lipinski definition) is 7. The van der Waals surface area contributed by atoms with E-state index < -0.39 is 0 Å². The first-order valence-corrected chi connectivity index (χ1v) is 12.2. The van der Waals surface area contributed by atoms with Crippen molar-refractivity contribution in [1.29, 1.82) is 0 Å². The fraction of sp³-hybridized carbons (Fsp3) is 0.273. The van der Waals surface area contributed by atoms with Crippen LogP contribution in [0.25, 0.3) is 10.2 Å². The highest BCUT2D eigenvalue weighted by Crippen LogP contribution is 2.36. The van der Waals surface area contributed by atoms with Gasteiger partial charge in [-0.2, -0.15) is 0 Å². The summed E-state index contributed by atoms with van der Waals surface area (Å²) in [6.45, 7) is 8.21. The van der Waals surface area contributed by atoms with Gasteiger partial charge in [0, 0.05) is 27.1 Å². The summed E-state index contributed by atoms with van der Waals surface area (Å²) in [5.41, 5.74) is 4.20. The van der Waals surface area contributed by atoms with E-state index in [1.807, 2.05) is 43.5 Å². The van der Waals surface area contributed by atoms with Crippen LogP contribution in [0.2, 0.25) is 0 Å². The first-order chi connectivity index (χ1) is 14.4. The minimum atomic E-state index is -0.0510. The highest BCUT2D eigenvalue weighted by Gasteiger charge is 2.15. The molecule has 0 radical (unpaired) electrons. The maximum atomic E-state index is 12.3. The predicted octanol–water partition coefficient (Wildman–Crippen LogP) is 5.85. The largest absolute Gasteiger partial charge is 0.326 e. The highest BCUT2D eigenvalue weighted by molar-refractivity contribution is 7.98. The van der Waals surface area contributed by atoms with Gasteiger partial charge in [0.15, 0.2) is 0 Å². The number of thiazole rings is 1. The lowest BCUT2D eigenvalue weighted by Crippen LogP contribution is -2.14. The second-order valence-corrected chi connectivity index (χ2v) is 10.3. The standard InChI is InChI=1S/C22H22N4OS3/c1-12-5-7-16(8-6-12)25-18(27)9-19-26-17(10-28-19)11-29-21-20-13(2)14(3)30-22(20)24-15(4)23-21/h5-8,10H,9,11H2,1-4H3,(H,25,27). The van der Waals surface area contributed by atoms with E-state index in [-0.39, 0.29) is 12.3 Å². The van der Waals surface area contributed by atoms with Gasteiger partial charge in [0.2, 0.25) is 5.91 Å². The van der Waals surface area contributed by atoms with E-state index in [0.29, 0.717) is 0 Å². The number of benzene rings is 1. The molecule has 3 heterocycles. The monoisotopic (exact) mass is 454 g/mol. The number of hydrogen-bond donors (Lipinski definition) is 1. The number of carbonyl (C=O) groups is 1. The van der Waals surface area contributed by atoms with Crippen LogP contribution in [0.1, 0.15) is 32.5 Å². The normalized spacial score (nSPS) is 11.2. The molecule has 1 amide bonds. The molecule has 0 spiro atoms. The molecule has 0 bridgehead atoms. The molecule has 4 rings (SSSR count). The third kappa shape index (κ3) is 4.71. The van der Waals surface area contributed by atoms with Crippen molar-refractivity contribution in [3.8, 4) is 0 Å². The van der Waals surface area contributed by atoms with Crippen molar-refractivity contribution >= 4 is 56.2 Å². The van der Waals surface area contributed by atoms with Crippen LogP contribution in [0.4, 0.5) is 5.69 Å². The minimum Gasteiger partial charge on any atom is -0.326 e. The van der Waals surface area contributed by atoms with E-state index in [4.69, 9.17) is 0 Å². The van der Waals surface area contributed by atoms with Crippen LogP contribution >= 0.6 is 34.4 Å². The lowest BCUT2D eigenvalue weighted by atomic mass is 10.2. The molecule has 0 fully saturated rings. The molecule has 0 saturated heterocycles. The van der Waals surface area contributed by atoms with Crippen LogP contribution in [0.3, 0.4) is 0 Å². The number of thiophene rings is 1. The number of anilines is 1. The number of amides is 1. The molecule has 0 aliphatic rings. The summed E-state index contributed by atoms with van der Waals surface area (Å²) < 4.78 is 0. The van der Waals surface area contributed by atoms with Gasteiger partial charge >= 0.3 is 0 Å². The molecule has 0 saturated carbocycles. The zero-order chi connectivity index (χ0) is 21.3. The second-order valence-electron chi connectivity index (χ2n) is 7.15. The van der Waals surface area contributed by atoms with Gasteiger partial charge in [-0.3, -0.25) is 4.79 Å². The summed E-state index contributed by atoms with van der Waals surface area (Å²) >= 11 is 4.92. The number of nitrogens with one attached hydrogen (secondary N) is 1. The molecule has 3 aromatic heterocycles. The first-order valence-electron chi connectivity index (χ1n) is 9.56. The topological polar surface area (TPSA) is 67.8 Å². The van der Waals surface area contributed by atoms with Crippen molar-refractivity contribution in [2.24, 2.45) is 0 Å². The maximum Gasteiger partial charge on any atom is 0.231 e. The summed E-state index contributed by atoms with van der Waals surface area (Å²) in [6.07, 6.45) is 0.281. The van der Waals surface area contributed by atoms with Gasteiger partial charge in [0.1, 0.15) is 20.7 Å². The number of fused-ring (bicyclic) bond motifs is 1. The average molecular weight is 455 g/mol. The predicted molar refractivity (Wildman–Crippen MR) is 127 cm³/mol. The SMILES string of the molecule is Cc1ccc(NC(=O)Cc2nc(CSc3nc(C)nc4sc(C)c(C)c34)cs2)cc1. The van der Waals surface area contributed by atoms with Crippen molar-refractivity contribution in [3.63, 3.8) is 0 Å². The fourth-order valence-electron chi connectivity index (χ4n) is 3.04. The molecule has 30 heavy (non-hydrogen) atoms. The van der Waals surface area contributed by atoms with Crippen molar-refractivity contribution < 1.29 is 4.79 Å². The molecule has 1 aromatic carbocycles. The summed E-state index contributed by atoms with van der Waals surface area (Å²) in [5, 5.41) is 7.93. The third-order valence-corrected chi connectivity index (χ3v) is 7.72. The average Bonchev–Trinajstić information content (AvgIpc) is 3.25. The number of thioether (sulfide) groups is 1. The molecule has 154 valence electrons. The molecule has 0 aliphatic carbocycles. The summed E-state index contributed by atoms with van der Waals surface area (Å²) in [6, 6.07) is 7.79. The van der Waals surface area contributed by atoms with Gasteiger partial charge in [-0.25, -0.2) is 15.0 Å². The Labute approximate surface area is 188 Å². The van der Waals surface area contributed by atoms with Gasteiger partial charge in [-0.15, -0.1) is 22.7 Å². The van der Waals surface area contributed by atoms with Gasteiger partial charge in [0.05, 0.1) is 12.1 Å². The van der Waals surface area contributed by atoms with Crippen molar-refractivity contribution in [2.45, 2.75) is 44.9 Å². The van der Waals surface area contributed by atoms with Gasteiger partial charge in [0.25, 0.3) is 0 Å². The number of carbonyl (C=O) groups excluding carboxylic acids is 1. The van der Waals surface area contributed by atoms with E-state index in [1.165, 1.54) is 27.3 Å². The van der Waals surface area contributed by atoms with Crippen molar-refractivity contribution in [2.75, 3.05) is 5.32 Å². The van der Waals surface area contributed by atoms with E-state index in [2.05, 4.69) is 34.1 Å². The van der Waals surface area contributed by atoms with E-state index in [1.54, 1.807) is 23.1 Å². The Morgan fingerprint density at radius 2 is 1.83 bits per heavy atom. The molecule has 0 atom stereocenters. The van der Waals surface area contributed by atoms with Crippen molar-refractivity contribution in [3.05, 3.63) is 62.2 Å². The molecule has 1 N–H and O–H groups in total. The molecule has 5 nitrogen and oxygen atoms in total. The Hall–Kier alpha value is -2.29. The Morgan fingerprint density at radius 1 is 1.07 bits per heavy atom. The number of aromatic nitrogens is 3. The van der Waals surface area contributed by atoms with Crippen LogP contribution in [0.5, 0.6) is 0 Å². The molecule has 4 aromatic rings. The minimum absolute atomic E-state index is 0.0510. The van der Waals surface area contributed by atoms with Crippen LogP contribution in [0.15, 0.2) is 34.7 Å². The lowest BCUT2D eigenvalue weighted by Gasteiger charge is -2.04. The van der Waals surface area contributed by atoms with Crippen LogP contribution in [-0.2, 0) is 17.0 Å². The molecule has 0 aliphatic heterocycles. The molecular weight excluding hydrogens is 432 g/mol. The quantitative estimate of drug-likeness (QED) is 0.292. The van der Waals surface area contributed by atoms with Crippen LogP contribution in [-0.4, -0.2) is 20.9 Å². The van der Waals surface area contributed by atoms with E-state index in [0.717, 1.165) is 43.2 Å². The molecular formula is C22H22N4OS3. The number of nitrogens with zero attached hydrogens (tertiary/aromatic N) is 3. The van der Waals surface area contributed by atoms with Crippen LogP contribution in [0, 0.1) is 27.7 Å². The zero-order valence-electron chi connectivity index (χ0n) is 17.3. The summed E-state index contributed by atoms with van der Waals surface area (Å²) in [4.78, 5) is 28.5. The highest BCUT2D eigenvalue weighted by atomic mass is 32.2. The molecule has 8 heteroatoms. The Bertz CT molecular complexity index is 1210. The van der Waals surface area contributed by atoms with E-state index in [9.17, 15) is 4.79 Å². The Kier molecular flexibility index (Phi) is 6.17. The van der Waals surface area contributed by atoms with Crippen LogP contribution < -0.4 is 5.32 Å². The van der Waals surface area contributed by atoms with Crippen molar-refractivity contribution in [1.82, 2.24) is 15.0 Å². The molecule has 0 unspecified atom stereocenters. The maximum absolute atomic E-state index is 12.3. The number of aryl methyl sites for hydroxylation is 4. The summed E-state index contributed by atoms with van der Waals surface area (Å²) in [7, 11) is 0. The lowest BCUT2D eigenvalue weighted by molar-refractivity contribution is -0.115. The fourth-order valence-corrected chi connectivity index (χ4v) is 6.10. The first kappa shape index (κ1) is 21.0. The zero-order valence-corrected chi connectivity index (χ0v) is 19.7. The number of rotatable bonds is 6. The van der Waals surface area contributed by atoms with Gasteiger partial charge in [-0.1, -0.05) is 29.5 Å². The smallest absolute Gasteiger partial charge is 0.231 e. The van der Waals surface area contributed by atoms with Gasteiger partial charge in [-0.05, 0) is 45.4 Å². The summed E-state index contributed by atoms with van der Waals surface area (Å²) in [5.74, 6) is 1.46. The van der Waals surface area contributed by atoms with E-state index >= 15 is 0 Å².